The quantitative estimate of drug-likeness (QED) is 0.407. The molecule has 0 aliphatic heterocycles. The maximum atomic E-state index is 15.0. The standard InChI is InChI=1S/C27H26F3N/c1-2-3-4-17-5-7-18(8-6-17)19-9-11-22(25(28)14-19)20-10-12-23-21(13-20)15-26(29)24(16-31)27(23)30/h9-15,17-18H,2-8H2,1H3. The van der Waals surface area contributed by atoms with Gasteiger partial charge in [0.05, 0.1) is 0 Å². The van der Waals surface area contributed by atoms with Crippen LogP contribution in [0.25, 0.3) is 21.9 Å². The van der Waals surface area contributed by atoms with Crippen LogP contribution in [-0.4, -0.2) is 0 Å². The number of hydrogen-bond acceptors (Lipinski definition) is 1. The van der Waals surface area contributed by atoms with E-state index in [2.05, 4.69) is 6.92 Å². The molecule has 3 aromatic carbocycles. The SMILES string of the molecule is CCCCC1CCC(c2ccc(-c3ccc4c(F)c(C#N)c(F)cc4c3)c(F)c2)CC1. The first-order valence-electron chi connectivity index (χ1n) is 11.1. The Morgan fingerprint density at radius 3 is 2.39 bits per heavy atom. The van der Waals surface area contributed by atoms with Gasteiger partial charge in [-0.2, -0.15) is 5.26 Å². The highest BCUT2D eigenvalue weighted by atomic mass is 19.1. The van der Waals surface area contributed by atoms with E-state index in [-0.39, 0.29) is 11.2 Å². The minimum Gasteiger partial charge on any atom is -0.206 e. The lowest BCUT2D eigenvalue weighted by Gasteiger charge is -2.29. The fourth-order valence-corrected chi connectivity index (χ4v) is 4.90. The molecule has 0 spiro atoms. The molecule has 1 aliphatic rings. The Labute approximate surface area is 181 Å². The van der Waals surface area contributed by atoms with Crippen molar-refractivity contribution in [1.29, 1.82) is 5.26 Å². The molecule has 1 saturated carbocycles. The summed E-state index contributed by atoms with van der Waals surface area (Å²) in [6.07, 6.45) is 8.44. The van der Waals surface area contributed by atoms with Crippen molar-refractivity contribution in [3.63, 3.8) is 0 Å². The van der Waals surface area contributed by atoms with Crippen molar-refractivity contribution in [2.45, 2.75) is 57.8 Å². The molecule has 0 aromatic heterocycles. The average molecular weight is 422 g/mol. The first kappa shape index (κ1) is 21.4. The van der Waals surface area contributed by atoms with Crippen molar-refractivity contribution < 1.29 is 13.2 Å². The van der Waals surface area contributed by atoms with Gasteiger partial charge in [-0.25, -0.2) is 13.2 Å². The van der Waals surface area contributed by atoms with E-state index in [1.54, 1.807) is 30.3 Å². The summed E-state index contributed by atoms with van der Waals surface area (Å²) in [6.45, 7) is 2.22. The van der Waals surface area contributed by atoms with Gasteiger partial charge in [0.15, 0.2) is 5.82 Å². The number of rotatable bonds is 5. The van der Waals surface area contributed by atoms with Gasteiger partial charge in [-0.3, -0.25) is 0 Å². The van der Waals surface area contributed by atoms with Gasteiger partial charge in [-0.15, -0.1) is 0 Å². The molecule has 0 unspecified atom stereocenters. The molecule has 1 fully saturated rings. The molecule has 0 bridgehead atoms. The van der Waals surface area contributed by atoms with Crippen LogP contribution in [0.2, 0.25) is 0 Å². The van der Waals surface area contributed by atoms with Crippen molar-refractivity contribution in [2.24, 2.45) is 5.92 Å². The fraction of sp³-hybridized carbons (Fsp3) is 0.370. The molecule has 0 amide bonds. The predicted molar refractivity (Wildman–Crippen MR) is 118 cm³/mol. The number of benzene rings is 3. The smallest absolute Gasteiger partial charge is 0.151 e. The summed E-state index contributed by atoms with van der Waals surface area (Å²) >= 11 is 0. The van der Waals surface area contributed by atoms with Crippen LogP contribution in [0.3, 0.4) is 0 Å². The summed E-state index contributed by atoms with van der Waals surface area (Å²) in [5, 5.41) is 9.39. The Kier molecular flexibility index (Phi) is 6.32. The van der Waals surface area contributed by atoms with E-state index in [0.717, 1.165) is 30.4 Å². The zero-order valence-corrected chi connectivity index (χ0v) is 17.7. The highest BCUT2D eigenvalue weighted by Crippen LogP contribution is 2.39. The third kappa shape index (κ3) is 4.32. The summed E-state index contributed by atoms with van der Waals surface area (Å²) in [7, 11) is 0. The summed E-state index contributed by atoms with van der Waals surface area (Å²) < 4.78 is 43.4. The second kappa shape index (κ2) is 9.14. The molecular weight excluding hydrogens is 395 g/mol. The maximum Gasteiger partial charge on any atom is 0.151 e. The molecule has 0 saturated heterocycles. The fourth-order valence-electron chi connectivity index (χ4n) is 4.90. The monoisotopic (exact) mass is 421 g/mol. The molecule has 4 rings (SSSR count). The lowest BCUT2D eigenvalue weighted by atomic mass is 9.77. The van der Waals surface area contributed by atoms with Crippen molar-refractivity contribution in [2.75, 3.05) is 0 Å². The van der Waals surface area contributed by atoms with Crippen molar-refractivity contribution in [3.05, 3.63) is 71.0 Å². The summed E-state index contributed by atoms with van der Waals surface area (Å²) in [5.41, 5.74) is 1.41. The van der Waals surface area contributed by atoms with E-state index in [9.17, 15) is 8.78 Å². The van der Waals surface area contributed by atoms with E-state index in [1.807, 2.05) is 6.07 Å². The van der Waals surface area contributed by atoms with Crippen LogP contribution in [0.5, 0.6) is 0 Å². The number of nitriles is 1. The van der Waals surface area contributed by atoms with E-state index < -0.39 is 17.2 Å². The predicted octanol–water partition coefficient (Wildman–Crippen LogP) is 8.26. The Morgan fingerprint density at radius 1 is 0.935 bits per heavy atom. The molecule has 3 aromatic rings. The molecule has 0 N–H and O–H groups in total. The lowest BCUT2D eigenvalue weighted by molar-refractivity contribution is 0.304. The maximum absolute atomic E-state index is 15.0. The summed E-state index contributed by atoms with van der Waals surface area (Å²) in [5.74, 6) is -0.908. The molecule has 160 valence electrons. The summed E-state index contributed by atoms with van der Waals surface area (Å²) in [4.78, 5) is 0. The normalized spacial score (nSPS) is 18.8. The number of hydrogen-bond donors (Lipinski definition) is 0. The number of fused-ring (bicyclic) bond motifs is 1. The molecule has 1 nitrogen and oxygen atoms in total. The zero-order valence-electron chi connectivity index (χ0n) is 17.7. The van der Waals surface area contributed by atoms with Crippen LogP contribution < -0.4 is 0 Å². The molecule has 0 heterocycles. The third-order valence-corrected chi connectivity index (χ3v) is 6.73. The molecule has 31 heavy (non-hydrogen) atoms. The second-order valence-corrected chi connectivity index (χ2v) is 8.69. The van der Waals surface area contributed by atoms with Crippen LogP contribution in [0.4, 0.5) is 13.2 Å². The largest absolute Gasteiger partial charge is 0.206 e. The number of unbranched alkanes of at least 4 members (excludes halogenated alkanes) is 1. The third-order valence-electron chi connectivity index (χ3n) is 6.73. The topological polar surface area (TPSA) is 23.8 Å². The highest BCUT2D eigenvalue weighted by molar-refractivity contribution is 5.89. The Hall–Kier alpha value is -2.80. The van der Waals surface area contributed by atoms with Gasteiger partial charge in [0.2, 0.25) is 0 Å². The Balaban J connectivity index is 1.57. The van der Waals surface area contributed by atoms with Crippen LogP contribution in [0.15, 0.2) is 42.5 Å². The number of nitrogens with zero attached hydrogens (tertiary/aromatic N) is 1. The van der Waals surface area contributed by atoms with Crippen LogP contribution in [-0.2, 0) is 0 Å². The zero-order chi connectivity index (χ0) is 22.0. The molecular formula is C27H26F3N. The summed E-state index contributed by atoms with van der Waals surface area (Å²) in [6, 6.07) is 12.7. The van der Waals surface area contributed by atoms with Crippen molar-refractivity contribution in [3.8, 4) is 17.2 Å². The van der Waals surface area contributed by atoms with E-state index >= 15 is 4.39 Å². The Morgan fingerprint density at radius 2 is 1.71 bits per heavy atom. The van der Waals surface area contributed by atoms with Gasteiger partial charge in [0.1, 0.15) is 23.3 Å². The number of halogens is 3. The van der Waals surface area contributed by atoms with Crippen LogP contribution >= 0.6 is 0 Å². The van der Waals surface area contributed by atoms with Gasteiger partial charge in [-0.1, -0.05) is 50.5 Å². The van der Waals surface area contributed by atoms with E-state index in [1.165, 1.54) is 38.2 Å². The highest BCUT2D eigenvalue weighted by Gasteiger charge is 2.23. The van der Waals surface area contributed by atoms with Crippen molar-refractivity contribution >= 4 is 10.8 Å². The second-order valence-electron chi connectivity index (χ2n) is 8.69. The minimum atomic E-state index is -0.907. The van der Waals surface area contributed by atoms with Gasteiger partial charge >= 0.3 is 0 Å². The average Bonchev–Trinajstić information content (AvgIpc) is 2.78. The van der Waals surface area contributed by atoms with E-state index in [4.69, 9.17) is 5.26 Å². The molecule has 0 radical (unpaired) electrons. The van der Waals surface area contributed by atoms with Crippen molar-refractivity contribution in [1.82, 2.24) is 0 Å². The molecule has 1 aliphatic carbocycles. The molecule has 0 atom stereocenters. The van der Waals surface area contributed by atoms with Crippen LogP contribution in [0.1, 0.15) is 68.9 Å². The van der Waals surface area contributed by atoms with E-state index in [0.29, 0.717) is 22.4 Å². The molecule has 4 heteroatoms. The first-order valence-corrected chi connectivity index (χ1v) is 11.1. The van der Waals surface area contributed by atoms with Gasteiger partial charge in [-0.05, 0) is 72.2 Å². The Bertz CT molecular complexity index is 1140. The minimum absolute atomic E-state index is 0.151. The lowest BCUT2D eigenvalue weighted by Crippen LogP contribution is -2.13. The van der Waals surface area contributed by atoms with Gasteiger partial charge in [0, 0.05) is 10.9 Å². The van der Waals surface area contributed by atoms with Gasteiger partial charge < -0.3 is 0 Å². The van der Waals surface area contributed by atoms with Gasteiger partial charge in [0.25, 0.3) is 0 Å². The van der Waals surface area contributed by atoms with Crippen LogP contribution in [0, 0.1) is 34.7 Å². The first-order chi connectivity index (χ1) is 15.0.